The van der Waals surface area contributed by atoms with E-state index < -0.39 is 0 Å². The minimum atomic E-state index is -0.0345. The first-order chi connectivity index (χ1) is 6.16. The van der Waals surface area contributed by atoms with Crippen molar-refractivity contribution in [2.24, 2.45) is 5.92 Å². The summed E-state index contributed by atoms with van der Waals surface area (Å²) in [5.41, 5.74) is 0. The van der Waals surface area contributed by atoms with E-state index in [1.165, 1.54) is 6.92 Å². The van der Waals surface area contributed by atoms with Gasteiger partial charge in [0.05, 0.1) is 18.6 Å². The molecule has 0 amide bonds. The monoisotopic (exact) mass is 182 g/mol. The smallest absolute Gasteiger partial charge is 0.145 e. The van der Waals surface area contributed by atoms with E-state index >= 15 is 0 Å². The first-order valence-electron chi connectivity index (χ1n) is 4.84. The lowest BCUT2D eigenvalue weighted by atomic mass is 9.85. The molecule has 3 atom stereocenters. The molecule has 3 heteroatoms. The fourth-order valence-electron chi connectivity index (χ4n) is 2.35. The number of carbonyl (C=O) groups is 2. The van der Waals surface area contributed by atoms with Crippen molar-refractivity contribution < 1.29 is 14.3 Å². The molecule has 0 aromatic heterocycles. The van der Waals surface area contributed by atoms with Crippen molar-refractivity contribution in [2.75, 3.05) is 0 Å². The number of rotatable bonds is 3. The third kappa shape index (κ3) is 1.66. The fraction of sp³-hybridized carbons (Fsp3) is 0.800. The highest BCUT2D eigenvalue weighted by Gasteiger charge is 2.44. The third-order valence-corrected chi connectivity index (χ3v) is 2.94. The molecule has 0 N–H and O–H groups in total. The summed E-state index contributed by atoms with van der Waals surface area (Å²) in [6.45, 7) is 1.46. The van der Waals surface area contributed by atoms with Gasteiger partial charge in [0, 0.05) is 5.92 Å². The lowest BCUT2D eigenvalue weighted by Crippen LogP contribution is -2.26. The molecule has 2 rings (SSSR count). The van der Waals surface area contributed by atoms with E-state index in [0.717, 1.165) is 19.3 Å². The van der Waals surface area contributed by atoms with E-state index in [9.17, 15) is 9.59 Å². The third-order valence-electron chi connectivity index (χ3n) is 2.94. The number of hydrogen-bond donors (Lipinski definition) is 0. The molecule has 0 aliphatic carbocycles. The molecule has 3 unspecified atom stereocenters. The Balaban J connectivity index is 1.95. The molecule has 0 aromatic rings. The van der Waals surface area contributed by atoms with Gasteiger partial charge in [-0.3, -0.25) is 9.59 Å². The largest absolute Gasteiger partial charge is 0.374 e. The van der Waals surface area contributed by atoms with Gasteiger partial charge in [-0.2, -0.15) is 0 Å². The zero-order valence-corrected chi connectivity index (χ0v) is 7.79. The van der Waals surface area contributed by atoms with Gasteiger partial charge in [0.15, 0.2) is 0 Å². The first-order valence-corrected chi connectivity index (χ1v) is 4.84. The molecule has 0 aromatic carbocycles. The maximum atomic E-state index is 11.5. The van der Waals surface area contributed by atoms with Crippen LogP contribution in [0.25, 0.3) is 0 Å². The second kappa shape index (κ2) is 3.22. The Bertz CT molecular complexity index is 247. The number of hydrogen-bond acceptors (Lipinski definition) is 3. The van der Waals surface area contributed by atoms with Gasteiger partial charge in [0.25, 0.3) is 0 Å². The number of ketones is 2. The Morgan fingerprint density at radius 3 is 2.62 bits per heavy atom. The van der Waals surface area contributed by atoms with Crippen molar-refractivity contribution in [3.8, 4) is 0 Å². The van der Waals surface area contributed by atoms with Crippen molar-refractivity contribution in [2.45, 2.75) is 44.8 Å². The SMILES string of the molecule is CC(=O)CC(=O)C1CC2CCC1O2. The van der Waals surface area contributed by atoms with Crippen LogP contribution in [0.4, 0.5) is 0 Å². The van der Waals surface area contributed by atoms with Crippen LogP contribution in [0.3, 0.4) is 0 Å². The molecule has 0 spiro atoms. The molecule has 2 heterocycles. The van der Waals surface area contributed by atoms with Crippen LogP contribution < -0.4 is 0 Å². The normalized spacial score (nSPS) is 36.5. The number of Topliss-reactive ketones (excluding diaryl/α,β-unsaturated/α-hetero) is 2. The molecule has 0 radical (unpaired) electrons. The van der Waals surface area contributed by atoms with Crippen molar-refractivity contribution in [3.05, 3.63) is 0 Å². The van der Waals surface area contributed by atoms with E-state index in [2.05, 4.69) is 0 Å². The van der Waals surface area contributed by atoms with Gasteiger partial charge >= 0.3 is 0 Å². The van der Waals surface area contributed by atoms with Crippen LogP contribution in [0.2, 0.25) is 0 Å². The van der Waals surface area contributed by atoms with Crippen LogP contribution in [0.15, 0.2) is 0 Å². The zero-order chi connectivity index (χ0) is 9.42. The Labute approximate surface area is 77.4 Å². The highest BCUT2D eigenvalue weighted by atomic mass is 16.5. The Morgan fingerprint density at radius 2 is 2.15 bits per heavy atom. The second-order valence-electron chi connectivity index (χ2n) is 4.06. The zero-order valence-electron chi connectivity index (χ0n) is 7.79. The van der Waals surface area contributed by atoms with Crippen LogP contribution >= 0.6 is 0 Å². The summed E-state index contributed by atoms with van der Waals surface area (Å²) in [5, 5.41) is 0. The van der Waals surface area contributed by atoms with Gasteiger partial charge < -0.3 is 4.74 Å². The maximum absolute atomic E-state index is 11.5. The molecule has 2 fully saturated rings. The van der Waals surface area contributed by atoms with Gasteiger partial charge in [-0.25, -0.2) is 0 Å². The summed E-state index contributed by atoms with van der Waals surface area (Å²) in [4.78, 5) is 22.3. The van der Waals surface area contributed by atoms with Crippen LogP contribution in [-0.4, -0.2) is 23.8 Å². The Hall–Kier alpha value is -0.700. The standard InChI is InChI=1S/C10H14O3/c1-6(11)4-9(12)8-5-7-2-3-10(8)13-7/h7-8,10H,2-5H2,1H3. The highest BCUT2D eigenvalue weighted by Crippen LogP contribution is 2.39. The first kappa shape index (κ1) is 8.88. The molecule has 2 aliphatic rings. The molecule has 2 bridgehead atoms. The van der Waals surface area contributed by atoms with Crippen LogP contribution in [0.1, 0.15) is 32.6 Å². The molecule has 2 aliphatic heterocycles. The minimum Gasteiger partial charge on any atom is -0.374 e. The lowest BCUT2D eigenvalue weighted by Gasteiger charge is -2.16. The molecular weight excluding hydrogens is 168 g/mol. The minimum absolute atomic E-state index is 0.0163. The van der Waals surface area contributed by atoms with Crippen molar-refractivity contribution in [3.63, 3.8) is 0 Å². The number of carbonyl (C=O) groups excluding carboxylic acids is 2. The van der Waals surface area contributed by atoms with Crippen LogP contribution in [0.5, 0.6) is 0 Å². The fourth-order valence-corrected chi connectivity index (χ4v) is 2.35. The Kier molecular flexibility index (Phi) is 2.20. The predicted octanol–water partition coefficient (Wildman–Crippen LogP) is 1.10. The van der Waals surface area contributed by atoms with Crippen LogP contribution in [0, 0.1) is 5.92 Å². The van der Waals surface area contributed by atoms with Crippen molar-refractivity contribution in [1.82, 2.24) is 0 Å². The van der Waals surface area contributed by atoms with Gasteiger partial charge in [0.1, 0.15) is 11.6 Å². The maximum Gasteiger partial charge on any atom is 0.145 e. The number of ether oxygens (including phenoxy) is 1. The number of fused-ring (bicyclic) bond motifs is 2. The van der Waals surface area contributed by atoms with Gasteiger partial charge in [-0.1, -0.05) is 0 Å². The quantitative estimate of drug-likeness (QED) is 0.614. The molecule has 13 heavy (non-hydrogen) atoms. The summed E-state index contributed by atoms with van der Waals surface area (Å²) in [6.07, 6.45) is 3.45. The van der Waals surface area contributed by atoms with Crippen molar-refractivity contribution >= 4 is 11.6 Å². The van der Waals surface area contributed by atoms with Crippen LogP contribution in [-0.2, 0) is 14.3 Å². The average molecular weight is 182 g/mol. The van der Waals surface area contributed by atoms with E-state index in [4.69, 9.17) is 4.74 Å². The Morgan fingerprint density at radius 1 is 1.38 bits per heavy atom. The predicted molar refractivity (Wildman–Crippen MR) is 46.3 cm³/mol. The summed E-state index contributed by atoms with van der Waals surface area (Å²) in [5.74, 6) is 0.0649. The van der Waals surface area contributed by atoms with E-state index in [0.29, 0.717) is 6.10 Å². The van der Waals surface area contributed by atoms with Gasteiger partial charge in [-0.15, -0.1) is 0 Å². The summed E-state index contributed by atoms with van der Waals surface area (Å²) in [6, 6.07) is 0. The van der Waals surface area contributed by atoms with E-state index in [-0.39, 0.29) is 30.0 Å². The van der Waals surface area contributed by atoms with Crippen molar-refractivity contribution in [1.29, 1.82) is 0 Å². The molecular formula is C10H14O3. The topological polar surface area (TPSA) is 43.4 Å². The van der Waals surface area contributed by atoms with Gasteiger partial charge in [-0.05, 0) is 26.2 Å². The molecule has 72 valence electrons. The summed E-state index contributed by atoms with van der Waals surface area (Å²) in [7, 11) is 0. The summed E-state index contributed by atoms with van der Waals surface area (Å²) < 4.78 is 5.56. The second-order valence-corrected chi connectivity index (χ2v) is 4.06. The van der Waals surface area contributed by atoms with E-state index in [1.54, 1.807) is 0 Å². The summed E-state index contributed by atoms with van der Waals surface area (Å²) >= 11 is 0. The molecule has 2 saturated heterocycles. The molecule has 3 nitrogen and oxygen atoms in total. The van der Waals surface area contributed by atoms with Gasteiger partial charge in [0.2, 0.25) is 0 Å². The molecule has 0 saturated carbocycles. The highest BCUT2D eigenvalue weighted by molar-refractivity contribution is 5.99. The average Bonchev–Trinajstić information content (AvgIpc) is 2.62. The lowest BCUT2D eigenvalue weighted by molar-refractivity contribution is -0.129. The van der Waals surface area contributed by atoms with E-state index in [1.807, 2.05) is 0 Å².